The number of carbonyl (C=O) groups excluding carboxylic acids is 1. The van der Waals surface area contributed by atoms with Gasteiger partial charge in [0.25, 0.3) is 0 Å². The molecule has 2 rings (SSSR count). The molecule has 0 unspecified atom stereocenters. The Labute approximate surface area is 113 Å². The standard InChI is InChI=1S/C16H19NO2/c1-11(2)10-16(18)17-14-7-4-6-13(12(14)3)15-8-5-9-19-15/h4-9,11H,10H2,1-3H3,(H,17,18). The van der Waals surface area contributed by atoms with Crippen molar-refractivity contribution in [2.45, 2.75) is 27.2 Å². The van der Waals surface area contributed by atoms with Crippen molar-refractivity contribution in [3.63, 3.8) is 0 Å². The van der Waals surface area contributed by atoms with E-state index in [-0.39, 0.29) is 5.91 Å². The molecule has 0 spiro atoms. The molecule has 0 aliphatic heterocycles. The molecule has 0 fully saturated rings. The number of hydrogen-bond acceptors (Lipinski definition) is 2. The number of hydrogen-bond donors (Lipinski definition) is 1. The summed E-state index contributed by atoms with van der Waals surface area (Å²) < 4.78 is 5.41. The molecule has 1 aromatic heterocycles. The van der Waals surface area contributed by atoms with Crippen LogP contribution in [0.25, 0.3) is 11.3 Å². The van der Waals surface area contributed by atoms with E-state index in [1.54, 1.807) is 6.26 Å². The molecule has 0 aliphatic rings. The molecule has 0 saturated carbocycles. The monoisotopic (exact) mass is 257 g/mol. The van der Waals surface area contributed by atoms with Gasteiger partial charge in [-0.25, -0.2) is 0 Å². The predicted octanol–water partition coefficient (Wildman–Crippen LogP) is 4.24. The molecule has 1 aromatic carbocycles. The SMILES string of the molecule is Cc1c(NC(=O)CC(C)C)cccc1-c1ccco1. The third-order valence-corrected chi connectivity index (χ3v) is 2.99. The molecular weight excluding hydrogens is 238 g/mol. The molecule has 1 N–H and O–H groups in total. The van der Waals surface area contributed by atoms with E-state index >= 15 is 0 Å². The second-order valence-electron chi connectivity index (χ2n) is 5.10. The van der Waals surface area contributed by atoms with Crippen LogP contribution < -0.4 is 5.32 Å². The van der Waals surface area contributed by atoms with Gasteiger partial charge in [-0.15, -0.1) is 0 Å². The lowest BCUT2D eigenvalue weighted by Gasteiger charge is -2.12. The molecular formula is C16H19NO2. The number of furan rings is 1. The number of anilines is 1. The Morgan fingerprint density at radius 3 is 2.68 bits per heavy atom. The van der Waals surface area contributed by atoms with Gasteiger partial charge in [0.05, 0.1) is 6.26 Å². The zero-order chi connectivity index (χ0) is 13.8. The van der Waals surface area contributed by atoms with E-state index in [4.69, 9.17) is 4.42 Å². The highest BCUT2D eigenvalue weighted by Gasteiger charge is 2.11. The van der Waals surface area contributed by atoms with Gasteiger partial charge >= 0.3 is 0 Å². The highest BCUT2D eigenvalue weighted by Crippen LogP contribution is 2.28. The Morgan fingerprint density at radius 2 is 2.05 bits per heavy atom. The molecule has 0 radical (unpaired) electrons. The van der Waals surface area contributed by atoms with Crippen LogP contribution in [0.15, 0.2) is 41.0 Å². The molecule has 3 heteroatoms. The van der Waals surface area contributed by atoms with Crippen molar-refractivity contribution in [1.82, 2.24) is 0 Å². The third-order valence-electron chi connectivity index (χ3n) is 2.99. The predicted molar refractivity (Wildman–Crippen MR) is 77.0 cm³/mol. The molecule has 0 saturated heterocycles. The smallest absolute Gasteiger partial charge is 0.224 e. The first-order chi connectivity index (χ1) is 9.08. The summed E-state index contributed by atoms with van der Waals surface area (Å²) >= 11 is 0. The summed E-state index contributed by atoms with van der Waals surface area (Å²) in [6, 6.07) is 9.61. The molecule has 100 valence electrons. The summed E-state index contributed by atoms with van der Waals surface area (Å²) in [5.41, 5.74) is 2.88. The fourth-order valence-corrected chi connectivity index (χ4v) is 2.04. The zero-order valence-electron chi connectivity index (χ0n) is 11.6. The van der Waals surface area contributed by atoms with Gasteiger partial charge in [-0.2, -0.15) is 0 Å². The van der Waals surface area contributed by atoms with Gasteiger partial charge in [0.15, 0.2) is 0 Å². The van der Waals surface area contributed by atoms with Crippen LogP contribution >= 0.6 is 0 Å². The van der Waals surface area contributed by atoms with Crippen LogP contribution in [-0.4, -0.2) is 5.91 Å². The highest BCUT2D eigenvalue weighted by molar-refractivity contribution is 5.92. The fourth-order valence-electron chi connectivity index (χ4n) is 2.04. The quantitative estimate of drug-likeness (QED) is 0.890. The summed E-state index contributed by atoms with van der Waals surface area (Å²) in [5, 5.41) is 2.96. The van der Waals surface area contributed by atoms with E-state index in [0.29, 0.717) is 12.3 Å². The molecule has 0 atom stereocenters. The summed E-state index contributed by atoms with van der Waals surface area (Å²) in [4.78, 5) is 11.8. The van der Waals surface area contributed by atoms with Crippen molar-refractivity contribution >= 4 is 11.6 Å². The van der Waals surface area contributed by atoms with Crippen molar-refractivity contribution in [3.8, 4) is 11.3 Å². The van der Waals surface area contributed by atoms with Gasteiger partial charge in [0, 0.05) is 17.7 Å². The Kier molecular flexibility index (Phi) is 4.05. The van der Waals surface area contributed by atoms with Gasteiger partial charge in [0.1, 0.15) is 5.76 Å². The Balaban J connectivity index is 2.23. The maximum atomic E-state index is 11.8. The van der Waals surface area contributed by atoms with Crippen LogP contribution in [0.2, 0.25) is 0 Å². The van der Waals surface area contributed by atoms with Crippen molar-refractivity contribution < 1.29 is 9.21 Å². The number of rotatable bonds is 4. The van der Waals surface area contributed by atoms with E-state index in [2.05, 4.69) is 5.32 Å². The molecule has 2 aromatic rings. The van der Waals surface area contributed by atoms with Crippen LogP contribution in [0.5, 0.6) is 0 Å². The number of benzene rings is 1. The van der Waals surface area contributed by atoms with Crippen molar-refractivity contribution in [2.75, 3.05) is 5.32 Å². The summed E-state index contributed by atoms with van der Waals surface area (Å²) in [5.74, 6) is 1.22. The zero-order valence-corrected chi connectivity index (χ0v) is 11.6. The Morgan fingerprint density at radius 1 is 1.26 bits per heavy atom. The van der Waals surface area contributed by atoms with Gasteiger partial charge in [-0.1, -0.05) is 26.0 Å². The Bertz CT molecular complexity index is 556. The molecule has 0 aliphatic carbocycles. The second-order valence-corrected chi connectivity index (χ2v) is 5.10. The van der Waals surface area contributed by atoms with Crippen molar-refractivity contribution in [2.24, 2.45) is 5.92 Å². The van der Waals surface area contributed by atoms with E-state index in [1.165, 1.54) is 0 Å². The number of carbonyl (C=O) groups is 1. The average molecular weight is 257 g/mol. The van der Waals surface area contributed by atoms with Crippen molar-refractivity contribution in [1.29, 1.82) is 0 Å². The minimum Gasteiger partial charge on any atom is -0.464 e. The maximum Gasteiger partial charge on any atom is 0.224 e. The molecule has 3 nitrogen and oxygen atoms in total. The largest absolute Gasteiger partial charge is 0.464 e. The first-order valence-corrected chi connectivity index (χ1v) is 6.51. The van der Waals surface area contributed by atoms with Crippen LogP contribution in [0.4, 0.5) is 5.69 Å². The maximum absolute atomic E-state index is 11.8. The number of amides is 1. The van der Waals surface area contributed by atoms with Gasteiger partial charge in [-0.05, 0) is 36.6 Å². The van der Waals surface area contributed by atoms with Gasteiger partial charge < -0.3 is 9.73 Å². The van der Waals surface area contributed by atoms with Gasteiger partial charge in [0.2, 0.25) is 5.91 Å². The lowest BCUT2D eigenvalue weighted by Crippen LogP contribution is -2.14. The first kappa shape index (κ1) is 13.4. The van der Waals surface area contributed by atoms with E-state index in [9.17, 15) is 4.79 Å². The lowest BCUT2D eigenvalue weighted by molar-refractivity contribution is -0.116. The van der Waals surface area contributed by atoms with Crippen molar-refractivity contribution in [3.05, 3.63) is 42.2 Å². The van der Waals surface area contributed by atoms with E-state index in [0.717, 1.165) is 22.6 Å². The van der Waals surface area contributed by atoms with Crippen LogP contribution in [0.1, 0.15) is 25.8 Å². The summed E-state index contributed by atoms with van der Waals surface area (Å²) in [6.07, 6.45) is 2.18. The van der Waals surface area contributed by atoms with Crippen LogP contribution in [0, 0.1) is 12.8 Å². The Hall–Kier alpha value is -2.03. The molecule has 19 heavy (non-hydrogen) atoms. The second kappa shape index (κ2) is 5.74. The minimum atomic E-state index is 0.0506. The number of nitrogens with one attached hydrogen (secondary N) is 1. The van der Waals surface area contributed by atoms with E-state index < -0.39 is 0 Å². The summed E-state index contributed by atoms with van der Waals surface area (Å²) in [6.45, 7) is 6.06. The molecule has 1 heterocycles. The van der Waals surface area contributed by atoms with Gasteiger partial charge in [-0.3, -0.25) is 4.79 Å². The average Bonchev–Trinajstić information content (AvgIpc) is 2.84. The fraction of sp³-hybridized carbons (Fsp3) is 0.312. The van der Waals surface area contributed by atoms with Crippen LogP contribution in [0.3, 0.4) is 0 Å². The first-order valence-electron chi connectivity index (χ1n) is 6.51. The topological polar surface area (TPSA) is 42.2 Å². The molecule has 0 bridgehead atoms. The normalized spacial score (nSPS) is 10.7. The minimum absolute atomic E-state index is 0.0506. The van der Waals surface area contributed by atoms with Crippen LogP contribution in [-0.2, 0) is 4.79 Å². The summed E-state index contributed by atoms with van der Waals surface area (Å²) in [7, 11) is 0. The lowest BCUT2D eigenvalue weighted by atomic mass is 10.0. The molecule has 1 amide bonds. The third kappa shape index (κ3) is 3.25. The highest BCUT2D eigenvalue weighted by atomic mass is 16.3. The van der Waals surface area contributed by atoms with E-state index in [1.807, 2.05) is 51.1 Å².